The fourth-order valence-corrected chi connectivity index (χ4v) is 4.07. The van der Waals surface area contributed by atoms with Crippen LogP contribution < -0.4 is 0 Å². The highest BCUT2D eigenvalue weighted by Gasteiger charge is 2.53. The van der Waals surface area contributed by atoms with E-state index in [9.17, 15) is 17.6 Å². The van der Waals surface area contributed by atoms with Crippen LogP contribution >= 0.6 is 0 Å². The Balaban J connectivity index is 2.02. The minimum absolute atomic E-state index is 0.0753. The number of benzene rings is 1. The maximum absolute atomic E-state index is 14.7. The Hall–Kier alpha value is -1.06. The maximum Gasteiger partial charge on any atom is 0.279 e. The molecule has 0 saturated heterocycles. The molecule has 0 amide bonds. The normalized spacial score (nSPS) is 25.1. The summed E-state index contributed by atoms with van der Waals surface area (Å²) in [6, 6.07) is 1.45. The number of rotatable bonds is 2. The molecule has 1 saturated carbocycles. The van der Waals surface area contributed by atoms with Crippen LogP contribution in [-0.4, -0.2) is 0 Å². The molecule has 3 rings (SSSR count). The Bertz CT molecular complexity index is 544. The van der Waals surface area contributed by atoms with Crippen molar-refractivity contribution in [3.05, 3.63) is 34.4 Å². The van der Waals surface area contributed by atoms with Crippen molar-refractivity contribution >= 4 is 0 Å². The molecule has 0 spiro atoms. The first-order chi connectivity index (χ1) is 9.96. The van der Waals surface area contributed by atoms with E-state index in [2.05, 4.69) is 0 Å². The number of fused-ring (bicyclic) bond motifs is 1. The zero-order valence-electron chi connectivity index (χ0n) is 12.2. The zero-order valence-corrected chi connectivity index (χ0v) is 12.2. The first kappa shape index (κ1) is 14.9. The largest absolute Gasteiger partial charge is 0.279 e. The molecule has 21 heavy (non-hydrogen) atoms. The van der Waals surface area contributed by atoms with E-state index in [0.29, 0.717) is 12.0 Å². The number of aryl methyl sites for hydroxylation is 1. The van der Waals surface area contributed by atoms with Gasteiger partial charge in [0, 0.05) is 5.92 Å². The summed E-state index contributed by atoms with van der Waals surface area (Å²) in [7, 11) is 0. The van der Waals surface area contributed by atoms with E-state index in [1.165, 1.54) is 6.07 Å². The second kappa shape index (κ2) is 5.29. The van der Waals surface area contributed by atoms with E-state index < -0.39 is 29.0 Å². The van der Waals surface area contributed by atoms with E-state index in [1.54, 1.807) is 6.92 Å². The molecule has 1 aromatic carbocycles. The van der Waals surface area contributed by atoms with Crippen LogP contribution in [0.3, 0.4) is 0 Å². The fourth-order valence-electron chi connectivity index (χ4n) is 4.07. The van der Waals surface area contributed by atoms with Crippen LogP contribution in [0.4, 0.5) is 17.6 Å². The number of alkyl halides is 2. The van der Waals surface area contributed by atoms with Crippen molar-refractivity contribution in [3.63, 3.8) is 0 Å². The lowest BCUT2D eigenvalue weighted by atomic mass is 9.77. The minimum Gasteiger partial charge on any atom is -0.203 e. The number of hydrogen-bond acceptors (Lipinski definition) is 0. The van der Waals surface area contributed by atoms with Crippen molar-refractivity contribution in [2.75, 3.05) is 0 Å². The summed E-state index contributed by atoms with van der Waals surface area (Å²) in [4.78, 5) is 0. The van der Waals surface area contributed by atoms with Gasteiger partial charge in [0.05, 0.1) is 5.56 Å². The van der Waals surface area contributed by atoms with Gasteiger partial charge in [-0.25, -0.2) is 17.6 Å². The molecule has 0 N–H and O–H groups in total. The monoisotopic (exact) mass is 300 g/mol. The Labute approximate surface area is 122 Å². The van der Waals surface area contributed by atoms with Gasteiger partial charge in [0.25, 0.3) is 5.92 Å². The van der Waals surface area contributed by atoms with E-state index >= 15 is 0 Å². The number of hydrogen-bond donors (Lipinski definition) is 0. The second-order valence-corrected chi connectivity index (χ2v) is 6.38. The number of halogens is 4. The molecule has 1 aromatic rings. The van der Waals surface area contributed by atoms with Crippen LogP contribution in [-0.2, 0) is 18.8 Å². The molecule has 1 atom stereocenters. The zero-order chi connectivity index (χ0) is 15.2. The molecule has 116 valence electrons. The van der Waals surface area contributed by atoms with Gasteiger partial charge >= 0.3 is 0 Å². The summed E-state index contributed by atoms with van der Waals surface area (Å²) in [5.74, 6) is -6.61. The molecule has 1 fully saturated rings. The predicted molar refractivity (Wildman–Crippen MR) is 73.4 cm³/mol. The van der Waals surface area contributed by atoms with Gasteiger partial charge < -0.3 is 0 Å². The van der Waals surface area contributed by atoms with Crippen molar-refractivity contribution in [2.45, 2.75) is 57.8 Å². The van der Waals surface area contributed by atoms with E-state index in [4.69, 9.17) is 0 Å². The van der Waals surface area contributed by atoms with Crippen LogP contribution in [0.25, 0.3) is 0 Å². The van der Waals surface area contributed by atoms with Crippen molar-refractivity contribution in [2.24, 2.45) is 11.8 Å². The highest BCUT2D eigenvalue weighted by atomic mass is 19.3. The van der Waals surface area contributed by atoms with Crippen LogP contribution in [0.2, 0.25) is 0 Å². The summed E-state index contributed by atoms with van der Waals surface area (Å²) >= 11 is 0. The van der Waals surface area contributed by atoms with Gasteiger partial charge in [0.1, 0.15) is 0 Å². The quantitative estimate of drug-likeness (QED) is 0.644. The Morgan fingerprint density at radius 3 is 2.38 bits per heavy atom. The van der Waals surface area contributed by atoms with Gasteiger partial charge in [0.2, 0.25) is 0 Å². The van der Waals surface area contributed by atoms with E-state index in [-0.39, 0.29) is 17.9 Å². The SMILES string of the molecule is CCc1cc2c(c(F)c1F)C(F)(F)C(C1CCCCC1)C2. The van der Waals surface area contributed by atoms with E-state index in [1.807, 2.05) is 0 Å². The lowest BCUT2D eigenvalue weighted by molar-refractivity contribution is -0.0822. The average molecular weight is 300 g/mol. The van der Waals surface area contributed by atoms with Crippen LogP contribution in [0.5, 0.6) is 0 Å². The van der Waals surface area contributed by atoms with Crippen LogP contribution in [0.1, 0.15) is 55.7 Å². The second-order valence-electron chi connectivity index (χ2n) is 6.38. The Morgan fingerprint density at radius 2 is 1.76 bits per heavy atom. The molecule has 0 bridgehead atoms. The highest BCUT2D eigenvalue weighted by molar-refractivity contribution is 5.42. The van der Waals surface area contributed by atoms with Gasteiger partial charge in [-0.05, 0) is 42.7 Å². The van der Waals surface area contributed by atoms with Crippen molar-refractivity contribution in [3.8, 4) is 0 Å². The lowest BCUT2D eigenvalue weighted by Gasteiger charge is -2.31. The van der Waals surface area contributed by atoms with Crippen molar-refractivity contribution in [1.29, 1.82) is 0 Å². The van der Waals surface area contributed by atoms with Gasteiger partial charge in [0.15, 0.2) is 11.6 Å². The molecule has 0 heterocycles. The first-order valence-electron chi connectivity index (χ1n) is 7.84. The minimum atomic E-state index is -3.24. The van der Waals surface area contributed by atoms with Crippen molar-refractivity contribution < 1.29 is 17.6 Å². The van der Waals surface area contributed by atoms with Crippen LogP contribution in [0.15, 0.2) is 6.07 Å². The Morgan fingerprint density at radius 1 is 1.10 bits per heavy atom. The molecular formula is C17H20F4. The lowest BCUT2D eigenvalue weighted by Crippen LogP contribution is -2.30. The standard InChI is InChI=1S/C17H20F4/c1-2-10-8-12-9-13(11-6-4-3-5-7-11)17(20,21)14(12)16(19)15(10)18/h8,11,13H,2-7,9H2,1H3. The molecule has 2 aliphatic rings. The summed E-state index contributed by atoms with van der Waals surface area (Å²) in [6.45, 7) is 1.70. The molecule has 0 radical (unpaired) electrons. The summed E-state index contributed by atoms with van der Waals surface area (Å²) in [5, 5.41) is 0. The van der Waals surface area contributed by atoms with Crippen molar-refractivity contribution in [1.82, 2.24) is 0 Å². The third-order valence-corrected chi connectivity index (χ3v) is 5.20. The molecule has 1 unspecified atom stereocenters. The molecular weight excluding hydrogens is 280 g/mol. The predicted octanol–water partition coefficient (Wildman–Crippen LogP) is 5.37. The van der Waals surface area contributed by atoms with Crippen LogP contribution in [0, 0.1) is 23.5 Å². The Kier molecular flexibility index (Phi) is 3.74. The third kappa shape index (κ3) is 2.27. The highest BCUT2D eigenvalue weighted by Crippen LogP contribution is 2.53. The molecule has 4 heteroatoms. The summed E-state index contributed by atoms with van der Waals surface area (Å²) in [6.07, 6.45) is 5.06. The average Bonchev–Trinajstić information content (AvgIpc) is 2.75. The molecule has 0 aromatic heterocycles. The summed E-state index contributed by atoms with van der Waals surface area (Å²) < 4.78 is 57.3. The first-order valence-corrected chi connectivity index (χ1v) is 7.84. The fraction of sp³-hybridized carbons (Fsp3) is 0.647. The van der Waals surface area contributed by atoms with E-state index in [0.717, 1.165) is 32.1 Å². The smallest absolute Gasteiger partial charge is 0.203 e. The molecule has 0 nitrogen and oxygen atoms in total. The van der Waals surface area contributed by atoms with Gasteiger partial charge in [-0.1, -0.05) is 32.3 Å². The molecule has 0 aliphatic heterocycles. The third-order valence-electron chi connectivity index (χ3n) is 5.20. The van der Waals surface area contributed by atoms with Gasteiger partial charge in [-0.15, -0.1) is 0 Å². The maximum atomic E-state index is 14.7. The van der Waals surface area contributed by atoms with Gasteiger partial charge in [-0.2, -0.15) is 0 Å². The van der Waals surface area contributed by atoms with Gasteiger partial charge in [-0.3, -0.25) is 0 Å². The summed E-state index contributed by atoms with van der Waals surface area (Å²) in [5.41, 5.74) is -0.162. The topological polar surface area (TPSA) is 0 Å². The molecule has 2 aliphatic carbocycles.